The zero-order chi connectivity index (χ0) is 18.9. The maximum atomic E-state index is 12.9. The fourth-order valence-electron chi connectivity index (χ4n) is 2.48. The van der Waals surface area contributed by atoms with Crippen LogP contribution in [0.2, 0.25) is 0 Å². The fraction of sp³-hybridized carbons (Fsp3) is 0.300. The molecule has 0 unspecified atom stereocenters. The van der Waals surface area contributed by atoms with E-state index in [9.17, 15) is 14.0 Å². The zero-order valence-corrected chi connectivity index (χ0v) is 15.0. The van der Waals surface area contributed by atoms with E-state index in [1.54, 1.807) is 12.0 Å². The number of halogens is 1. The van der Waals surface area contributed by atoms with Gasteiger partial charge in [0.05, 0.1) is 7.11 Å². The fourth-order valence-corrected chi connectivity index (χ4v) is 2.48. The molecule has 0 aliphatic rings. The molecule has 5 nitrogen and oxygen atoms in total. The van der Waals surface area contributed by atoms with Gasteiger partial charge in [0.25, 0.3) is 0 Å². The van der Waals surface area contributed by atoms with Gasteiger partial charge in [-0.25, -0.2) is 4.39 Å². The largest absolute Gasteiger partial charge is 0.497 e. The molecule has 26 heavy (non-hydrogen) atoms. The van der Waals surface area contributed by atoms with Gasteiger partial charge in [-0.05, 0) is 48.4 Å². The summed E-state index contributed by atoms with van der Waals surface area (Å²) in [6, 6.07) is 13.2. The van der Waals surface area contributed by atoms with E-state index in [4.69, 9.17) is 4.74 Å². The van der Waals surface area contributed by atoms with Gasteiger partial charge in [0.15, 0.2) is 0 Å². The number of carbonyl (C=O) groups excluding carboxylic acids is 2. The lowest BCUT2D eigenvalue weighted by atomic mass is 10.1. The van der Waals surface area contributed by atoms with Crippen molar-refractivity contribution >= 4 is 17.5 Å². The van der Waals surface area contributed by atoms with Crippen LogP contribution in [-0.4, -0.2) is 36.9 Å². The number of ether oxygens (including phenoxy) is 1. The van der Waals surface area contributed by atoms with E-state index in [0.29, 0.717) is 25.2 Å². The Labute approximate surface area is 152 Å². The van der Waals surface area contributed by atoms with Crippen molar-refractivity contribution in [2.75, 3.05) is 25.5 Å². The van der Waals surface area contributed by atoms with Gasteiger partial charge in [0, 0.05) is 32.1 Å². The minimum absolute atomic E-state index is 0.0758. The second-order valence-corrected chi connectivity index (χ2v) is 5.91. The van der Waals surface area contributed by atoms with E-state index in [2.05, 4.69) is 5.32 Å². The zero-order valence-electron chi connectivity index (χ0n) is 15.0. The summed E-state index contributed by atoms with van der Waals surface area (Å²) in [6.45, 7) is 2.36. The van der Waals surface area contributed by atoms with Gasteiger partial charge >= 0.3 is 0 Å². The molecule has 2 rings (SSSR count). The molecular weight excluding hydrogens is 335 g/mol. The van der Waals surface area contributed by atoms with E-state index >= 15 is 0 Å². The second-order valence-electron chi connectivity index (χ2n) is 5.91. The van der Waals surface area contributed by atoms with Crippen LogP contribution in [0.15, 0.2) is 48.5 Å². The van der Waals surface area contributed by atoms with Crippen molar-refractivity contribution < 1.29 is 18.7 Å². The van der Waals surface area contributed by atoms with Gasteiger partial charge in [0.1, 0.15) is 11.6 Å². The van der Waals surface area contributed by atoms with E-state index < -0.39 is 0 Å². The lowest BCUT2D eigenvalue weighted by Crippen LogP contribution is -2.33. The van der Waals surface area contributed by atoms with Crippen molar-refractivity contribution in [1.29, 1.82) is 0 Å². The summed E-state index contributed by atoms with van der Waals surface area (Å²) >= 11 is 0. The molecule has 6 heteroatoms. The first-order chi connectivity index (χ1) is 12.5. The number of hydrogen-bond donors (Lipinski definition) is 1. The predicted octanol–water partition coefficient (Wildman–Crippen LogP) is 3.25. The molecule has 0 aliphatic heterocycles. The van der Waals surface area contributed by atoms with Crippen LogP contribution in [0.1, 0.15) is 18.9 Å². The van der Waals surface area contributed by atoms with Crippen LogP contribution >= 0.6 is 0 Å². The molecule has 0 aliphatic carbocycles. The molecule has 2 amide bonds. The van der Waals surface area contributed by atoms with Crippen molar-refractivity contribution in [3.8, 4) is 5.75 Å². The van der Waals surface area contributed by atoms with Gasteiger partial charge in [-0.15, -0.1) is 0 Å². The molecule has 0 bridgehead atoms. The van der Waals surface area contributed by atoms with Crippen molar-refractivity contribution in [3.05, 3.63) is 59.9 Å². The van der Waals surface area contributed by atoms with Crippen LogP contribution in [0.4, 0.5) is 10.1 Å². The summed E-state index contributed by atoms with van der Waals surface area (Å²) in [4.78, 5) is 25.5. The van der Waals surface area contributed by atoms with E-state index in [1.165, 1.54) is 31.2 Å². The topological polar surface area (TPSA) is 58.6 Å². The Morgan fingerprint density at radius 2 is 1.69 bits per heavy atom. The van der Waals surface area contributed by atoms with Gasteiger partial charge in [-0.1, -0.05) is 12.1 Å². The smallest absolute Gasteiger partial charge is 0.226 e. The Balaban J connectivity index is 1.82. The van der Waals surface area contributed by atoms with E-state index in [0.717, 1.165) is 11.3 Å². The van der Waals surface area contributed by atoms with E-state index in [1.807, 2.05) is 24.3 Å². The Bertz CT molecular complexity index is 730. The SMILES string of the molecule is COc1ccc(CCN(CCC(=O)Nc2ccc(F)cc2)C(C)=O)cc1. The van der Waals surface area contributed by atoms with Crippen LogP contribution in [0.3, 0.4) is 0 Å². The average Bonchev–Trinajstić information content (AvgIpc) is 2.63. The van der Waals surface area contributed by atoms with Crippen molar-refractivity contribution in [2.24, 2.45) is 0 Å². The van der Waals surface area contributed by atoms with Crippen LogP contribution in [0, 0.1) is 5.82 Å². The summed E-state index contributed by atoms with van der Waals surface area (Å²) in [7, 11) is 1.61. The van der Waals surface area contributed by atoms with Crippen molar-refractivity contribution in [3.63, 3.8) is 0 Å². The Morgan fingerprint density at radius 1 is 1.04 bits per heavy atom. The molecule has 0 atom stereocenters. The van der Waals surface area contributed by atoms with Gasteiger partial charge in [0.2, 0.25) is 11.8 Å². The molecule has 2 aromatic carbocycles. The van der Waals surface area contributed by atoms with Gasteiger partial charge in [-0.2, -0.15) is 0 Å². The monoisotopic (exact) mass is 358 g/mol. The highest BCUT2D eigenvalue weighted by Gasteiger charge is 2.11. The number of amides is 2. The first-order valence-electron chi connectivity index (χ1n) is 8.42. The minimum Gasteiger partial charge on any atom is -0.497 e. The minimum atomic E-state index is -0.357. The molecule has 0 spiro atoms. The molecule has 0 aromatic heterocycles. The molecule has 0 radical (unpaired) electrons. The van der Waals surface area contributed by atoms with Crippen LogP contribution in [0.25, 0.3) is 0 Å². The summed E-state index contributed by atoms with van der Waals surface area (Å²) in [5, 5.41) is 2.69. The Kier molecular flexibility index (Phi) is 7.14. The Hall–Kier alpha value is -2.89. The van der Waals surface area contributed by atoms with Crippen LogP contribution < -0.4 is 10.1 Å². The van der Waals surface area contributed by atoms with Crippen molar-refractivity contribution in [1.82, 2.24) is 4.90 Å². The average molecular weight is 358 g/mol. The third kappa shape index (κ3) is 6.20. The number of anilines is 1. The first kappa shape index (κ1) is 19.4. The lowest BCUT2D eigenvalue weighted by Gasteiger charge is -2.21. The second kappa shape index (κ2) is 9.56. The summed E-state index contributed by atoms with van der Waals surface area (Å²) in [6.07, 6.45) is 0.878. The predicted molar refractivity (Wildman–Crippen MR) is 98.6 cm³/mol. The molecule has 2 aromatic rings. The number of carbonyl (C=O) groups is 2. The maximum absolute atomic E-state index is 12.9. The molecular formula is C20H23FN2O3. The molecule has 0 heterocycles. The number of rotatable bonds is 8. The lowest BCUT2D eigenvalue weighted by molar-refractivity contribution is -0.129. The normalized spacial score (nSPS) is 10.3. The standard InChI is InChI=1S/C20H23FN2O3/c1-15(24)23(13-11-16-3-9-19(26-2)10-4-16)14-12-20(25)22-18-7-5-17(21)6-8-18/h3-10H,11-14H2,1-2H3,(H,22,25). The summed E-state index contributed by atoms with van der Waals surface area (Å²) < 4.78 is 18.0. The molecule has 0 saturated carbocycles. The summed E-state index contributed by atoms with van der Waals surface area (Å²) in [5.74, 6) is 0.138. The number of nitrogens with zero attached hydrogens (tertiary/aromatic N) is 1. The third-order valence-electron chi connectivity index (χ3n) is 4.01. The number of hydrogen-bond acceptors (Lipinski definition) is 3. The maximum Gasteiger partial charge on any atom is 0.226 e. The quantitative estimate of drug-likeness (QED) is 0.788. The van der Waals surface area contributed by atoms with Crippen LogP contribution in [0.5, 0.6) is 5.75 Å². The highest BCUT2D eigenvalue weighted by Crippen LogP contribution is 2.12. The number of nitrogens with one attached hydrogen (secondary N) is 1. The Morgan fingerprint density at radius 3 is 2.27 bits per heavy atom. The third-order valence-corrected chi connectivity index (χ3v) is 4.01. The van der Waals surface area contributed by atoms with Crippen LogP contribution in [-0.2, 0) is 16.0 Å². The van der Waals surface area contributed by atoms with Gasteiger partial charge in [-0.3, -0.25) is 9.59 Å². The first-order valence-corrected chi connectivity index (χ1v) is 8.42. The number of methoxy groups -OCH3 is 1. The van der Waals surface area contributed by atoms with Crippen molar-refractivity contribution in [2.45, 2.75) is 19.8 Å². The molecule has 0 saturated heterocycles. The highest BCUT2D eigenvalue weighted by molar-refractivity contribution is 5.91. The number of benzene rings is 2. The van der Waals surface area contributed by atoms with E-state index in [-0.39, 0.29) is 24.1 Å². The summed E-state index contributed by atoms with van der Waals surface area (Å²) in [5.41, 5.74) is 1.62. The highest BCUT2D eigenvalue weighted by atomic mass is 19.1. The molecule has 138 valence electrons. The molecule has 1 N–H and O–H groups in total. The molecule has 0 fully saturated rings. The van der Waals surface area contributed by atoms with Gasteiger partial charge < -0.3 is 15.0 Å².